The third kappa shape index (κ3) is 5.10. The molecule has 0 atom stereocenters. The van der Waals surface area contributed by atoms with Crippen LogP contribution in [0, 0.1) is 0 Å². The molecule has 0 aliphatic rings. The van der Waals surface area contributed by atoms with E-state index in [0.717, 1.165) is 72.0 Å². The number of rotatable bonds is 6. The predicted octanol–water partition coefficient (Wildman–Crippen LogP) is 13.2. The molecule has 9 aromatic rings. The molecule has 0 radical (unpaired) electrons. The van der Waals surface area contributed by atoms with Crippen molar-refractivity contribution in [1.82, 2.24) is 0 Å². The first-order chi connectivity index (χ1) is 25.8. The van der Waals surface area contributed by atoms with Crippen LogP contribution in [-0.2, 0) is 0 Å². The SMILES string of the molecule is [2H]c1c([2H])c([2H])c(-c2ccc(N(c3ccccc3)c3ccc4cc(-c5ccc(-c6ccc7oc8ccccc8c7c6)cc5)ccc4c3)cc2)c([2H])c1[2H]. The zero-order valence-corrected chi connectivity index (χ0v) is 25.9. The molecule has 0 aliphatic heterocycles. The number of fused-ring (bicyclic) bond motifs is 4. The lowest BCUT2D eigenvalue weighted by atomic mass is 9.97. The molecule has 0 amide bonds. The molecule has 2 heteroatoms. The molecule has 48 heavy (non-hydrogen) atoms. The van der Waals surface area contributed by atoms with Crippen molar-refractivity contribution >= 4 is 49.8 Å². The highest BCUT2D eigenvalue weighted by atomic mass is 16.3. The monoisotopic (exact) mass is 618 g/mol. The molecule has 8 aromatic carbocycles. The first-order valence-corrected chi connectivity index (χ1v) is 15.9. The molecule has 1 heterocycles. The van der Waals surface area contributed by atoms with Crippen LogP contribution < -0.4 is 4.90 Å². The Kier molecular flexibility index (Phi) is 5.64. The highest BCUT2D eigenvalue weighted by Crippen LogP contribution is 2.38. The first kappa shape index (κ1) is 23.0. The van der Waals surface area contributed by atoms with E-state index in [1.807, 2.05) is 60.7 Å². The molecule has 0 fully saturated rings. The van der Waals surface area contributed by atoms with E-state index in [9.17, 15) is 0 Å². The number of hydrogen-bond acceptors (Lipinski definition) is 2. The summed E-state index contributed by atoms with van der Waals surface area (Å²) in [4.78, 5) is 2.15. The van der Waals surface area contributed by atoms with E-state index in [2.05, 4.69) is 102 Å². The van der Waals surface area contributed by atoms with Gasteiger partial charge in [0.15, 0.2) is 0 Å². The van der Waals surface area contributed by atoms with Crippen LogP contribution in [0.5, 0.6) is 0 Å². The van der Waals surface area contributed by atoms with Crippen LogP contribution in [0.4, 0.5) is 17.1 Å². The van der Waals surface area contributed by atoms with Crippen LogP contribution >= 0.6 is 0 Å². The molecule has 0 saturated heterocycles. The molecule has 0 bridgehead atoms. The van der Waals surface area contributed by atoms with Gasteiger partial charge in [0.05, 0.1) is 6.85 Å². The summed E-state index contributed by atoms with van der Waals surface area (Å²) in [6, 6.07) is 52.2. The van der Waals surface area contributed by atoms with Gasteiger partial charge in [-0.3, -0.25) is 0 Å². The summed E-state index contributed by atoms with van der Waals surface area (Å²) in [5.41, 5.74) is 9.93. The van der Waals surface area contributed by atoms with Crippen molar-refractivity contribution in [2.45, 2.75) is 0 Å². The second-order valence-corrected chi connectivity index (χ2v) is 11.9. The van der Waals surface area contributed by atoms with Gasteiger partial charge in [0, 0.05) is 27.8 Å². The van der Waals surface area contributed by atoms with Crippen molar-refractivity contribution in [2.75, 3.05) is 4.90 Å². The summed E-state index contributed by atoms with van der Waals surface area (Å²) >= 11 is 0. The van der Waals surface area contributed by atoms with Crippen LogP contribution in [0.2, 0.25) is 0 Å². The molecule has 2 nitrogen and oxygen atoms in total. The molecule has 9 rings (SSSR count). The minimum atomic E-state index is -0.398. The number of hydrogen-bond donors (Lipinski definition) is 0. The maximum Gasteiger partial charge on any atom is 0.135 e. The van der Waals surface area contributed by atoms with Crippen molar-refractivity contribution in [2.24, 2.45) is 0 Å². The lowest BCUT2D eigenvalue weighted by Gasteiger charge is -2.26. The van der Waals surface area contributed by atoms with E-state index >= 15 is 0 Å². The Morgan fingerprint density at radius 3 is 1.71 bits per heavy atom. The smallest absolute Gasteiger partial charge is 0.135 e. The van der Waals surface area contributed by atoms with E-state index in [1.165, 1.54) is 0 Å². The quantitative estimate of drug-likeness (QED) is 0.184. The van der Waals surface area contributed by atoms with Crippen LogP contribution in [0.3, 0.4) is 0 Å². The standard InChI is InChI=1S/C46H31NO/c1-3-9-32(10-4-1)33-21-25-41(26-22-33)47(40-11-5-2-6-12-40)42-27-23-37-29-36(19-20-38(37)30-42)34-15-17-35(18-16-34)39-24-28-46-44(31-39)43-13-7-8-14-45(43)48-46/h1-31H/i1D,3D,4D,9D,10D. The van der Waals surface area contributed by atoms with Gasteiger partial charge in [-0.05, 0) is 105 Å². The Hall–Kier alpha value is -6.38. The highest BCUT2D eigenvalue weighted by molar-refractivity contribution is 6.06. The van der Waals surface area contributed by atoms with Gasteiger partial charge in [-0.1, -0.05) is 127 Å². The fourth-order valence-electron chi connectivity index (χ4n) is 6.51. The van der Waals surface area contributed by atoms with Gasteiger partial charge in [-0.25, -0.2) is 0 Å². The summed E-state index contributed by atoms with van der Waals surface area (Å²) in [7, 11) is 0. The van der Waals surface area contributed by atoms with Gasteiger partial charge >= 0.3 is 0 Å². The second kappa shape index (κ2) is 11.8. The maximum atomic E-state index is 8.43. The van der Waals surface area contributed by atoms with Crippen LogP contribution in [-0.4, -0.2) is 0 Å². The average Bonchev–Trinajstić information content (AvgIpc) is 3.58. The molecular formula is C46H31NO. The molecule has 1 aromatic heterocycles. The fraction of sp³-hybridized carbons (Fsp3) is 0. The molecule has 0 spiro atoms. The van der Waals surface area contributed by atoms with E-state index < -0.39 is 6.04 Å². The minimum absolute atomic E-state index is 0.189. The van der Waals surface area contributed by atoms with Crippen molar-refractivity contribution in [1.29, 1.82) is 0 Å². The third-order valence-corrected chi connectivity index (χ3v) is 8.94. The average molecular weight is 619 g/mol. The van der Waals surface area contributed by atoms with Gasteiger partial charge in [0.25, 0.3) is 0 Å². The molecule has 0 unspecified atom stereocenters. The Morgan fingerprint density at radius 2 is 0.917 bits per heavy atom. The molecule has 0 saturated carbocycles. The van der Waals surface area contributed by atoms with Crippen molar-refractivity contribution in [3.05, 3.63) is 188 Å². The van der Waals surface area contributed by atoms with E-state index in [4.69, 9.17) is 11.3 Å². The Labute approximate surface area is 286 Å². The summed E-state index contributed by atoms with van der Waals surface area (Å²) < 4.78 is 47.1. The Bertz CT molecular complexity index is 2800. The molecule has 226 valence electrons. The number of furan rings is 1. The zero-order chi connectivity index (χ0) is 36.2. The lowest BCUT2D eigenvalue weighted by molar-refractivity contribution is 0.669. The summed E-state index contributed by atoms with van der Waals surface area (Å²) in [5, 5.41) is 4.46. The van der Waals surface area contributed by atoms with Crippen molar-refractivity contribution in [3.8, 4) is 33.4 Å². The lowest BCUT2D eigenvalue weighted by Crippen LogP contribution is -2.09. The summed E-state index contributed by atoms with van der Waals surface area (Å²) in [6.45, 7) is 0. The van der Waals surface area contributed by atoms with Crippen molar-refractivity contribution in [3.63, 3.8) is 0 Å². The molecular weight excluding hydrogens is 583 g/mol. The number of para-hydroxylation sites is 2. The number of anilines is 3. The number of benzene rings is 8. The second-order valence-electron chi connectivity index (χ2n) is 11.9. The van der Waals surface area contributed by atoms with E-state index in [-0.39, 0.29) is 29.7 Å². The van der Waals surface area contributed by atoms with E-state index in [0.29, 0.717) is 5.56 Å². The maximum absolute atomic E-state index is 8.43. The van der Waals surface area contributed by atoms with Crippen LogP contribution in [0.1, 0.15) is 6.85 Å². The van der Waals surface area contributed by atoms with Crippen molar-refractivity contribution < 1.29 is 11.3 Å². The normalized spacial score (nSPS) is 12.8. The van der Waals surface area contributed by atoms with Gasteiger partial charge < -0.3 is 9.32 Å². The Morgan fingerprint density at radius 1 is 0.375 bits per heavy atom. The Balaban J connectivity index is 1.03. The topological polar surface area (TPSA) is 16.4 Å². The van der Waals surface area contributed by atoms with E-state index in [1.54, 1.807) is 0 Å². The highest BCUT2D eigenvalue weighted by Gasteiger charge is 2.14. The van der Waals surface area contributed by atoms with Crippen LogP contribution in [0.15, 0.2) is 192 Å². The van der Waals surface area contributed by atoms with Gasteiger partial charge in [0.2, 0.25) is 0 Å². The van der Waals surface area contributed by atoms with Crippen LogP contribution in [0.25, 0.3) is 66.1 Å². The summed E-state index contributed by atoms with van der Waals surface area (Å²) in [6.07, 6.45) is 0. The van der Waals surface area contributed by atoms with Gasteiger partial charge in [0.1, 0.15) is 11.2 Å². The first-order valence-electron chi connectivity index (χ1n) is 18.4. The fourth-order valence-corrected chi connectivity index (χ4v) is 6.51. The zero-order valence-electron chi connectivity index (χ0n) is 30.9. The molecule has 0 N–H and O–H groups in total. The minimum Gasteiger partial charge on any atom is -0.456 e. The number of nitrogens with zero attached hydrogens (tertiary/aromatic N) is 1. The molecule has 0 aliphatic carbocycles. The van der Waals surface area contributed by atoms with Gasteiger partial charge in [-0.2, -0.15) is 0 Å². The third-order valence-electron chi connectivity index (χ3n) is 8.94. The van der Waals surface area contributed by atoms with Gasteiger partial charge in [-0.15, -0.1) is 0 Å². The summed E-state index contributed by atoms with van der Waals surface area (Å²) in [5.74, 6) is 0. The predicted molar refractivity (Wildman–Crippen MR) is 202 cm³/mol. The largest absolute Gasteiger partial charge is 0.456 e.